The van der Waals surface area contributed by atoms with Crippen molar-refractivity contribution in [1.82, 2.24) is 0 Å². The van der Waals surface area contributed by atoms with E-state index < -0.39 is 0 Å². The fourth-order valence-corrected chi connectivity index (χ4v) is 5.92. The summed E-state index contributed by atoms with van der Waals surface area (Å²) in [5.41, 5.74) is 1.42. The Kier molecular flexibility index (Phi) is 3.19. The van der Waals surface area contributed by atoms with Crippen LogP contribution in [-0.2, 0) is 9.53 Å². The number of allylic oxidation sites excluding steroid dienone is 5. The summed E-state index contributed by atoms with van der Waals surface area (Å²) in [6.45, 7) is 4.53. The molecule has 0 amide bonds. The molecule has 0 saturated heterocycles. The van der Waals surface area contributed by atoms with Crippen LogP contribution in [0.4, 0.5) is 0 Å². The highest BCUT2D eigenvalue weighted by molar-refractivity contribution is 5.87. The van der Waals surface area contributed by atoms with Gasteiger partial charge >= 0.3 is 0 Å². The van der Waals surface area contributed by atoms with E-state index in [1.807, 2.05) is 12.2 Å². The number of hydrogen-bond donors (Lipinski definition) is 1. The Morgan fingerprint density at radius 2 is 2.09 bits per heavy atom. The maximum atomic E-state index is 12.5. The van der Waals surface area contributed by atoms with Crippen LogP contribution in [0.5, 0.6) is 0 Å². The predicted molar refractivity (Wildman–Crippen MR) is 88.9 cm³/mol. The smallest absolute Gasteiger partial charge is 0.162 e. The number of Topliss-reactive ketones (excluding diaryl/α,β-unsaturated/α-hetero) is 1. The van der Waals surface area contributed by atoms with E-state index in [-0.39, 0.29) is 22.7 Å². The lowest BCUT2D eigenvalue weighted by Gasteiger charge is -2.53. The Bertz CT molecular complexity index is 643. The average Bonchev–Trinajstić information content (AvgIpc) is 2.77. The molecule has 4 aliphatic carbocycles. The quantitative estimate of drug-likeness (QED) is 0.745. The van der Waals surface area contributed by atoms with Crippen LogP contribution in [0.1, 0.15) is 39.5 Å². The van der Waals surface area contributed by atoms with Crippen molar-refractivity contribution in [3.63, 3.8) is 0 Å². The average molecular weight is 314 g/mol. The molecular formula is C20H26O3. The molecule has 0 heterocycles. The van der Waals surface area contributed by atoms with Crippen molar-refractivity contribution in [3.8, 4) is 0 Å². The Hall–Kier alpha value is -1.35. The maximum Gasteiger partial charge on any atom is 0.162 e. The summed E-state index contributed by atoms with van der Waals surface area (Å²) in [4.78, 5) is 12.5. The molecule has 4 rings (SSSR count). The number of ketones is 1. The molecular weight excluding hydrogens is 288 g/mol. The minimum Gasteiger partial charge on any atom is -0.508 e. The van der Waals surface area contributed by atoms with Gasteiger partial charge in [0.25, 0.3) is 0 Å². The first-order valence-electron chi connectivity index (χ1n) is 8.76. The second kappa shape index (κ2) is 4.83. The fraction of sp³-hybridized carbons (Fsp3) is 0.650. The van der Waals surface area contributed by atoms with Gasteiger partial charge in [0.1, 0.15) is 11.9 Å². The van der Waals surface area contributed by atoms with Gasteiger partial charge in [0.2, 0.25) is 0 Å². The van der Waals surface area contributed by atoms with Gasteiger partial charge in [0.05, 0.1) is 0 Å². The summed E-state index contributed by atoms with van der Waals surface area (Å²) < 4.78 is 5.59. The van der Waals surface area contributed by atoms with Crippen molar-refractivity contribution < 1.29 is 14.6 Å². The van der Waals surface area contributed by atoms with Gasteiger partial charge in [-0.3, -0.25) is 4.79 Å². The van der Waals surface area contributed by atoms with Gasteiger partial charge in [0, 0.05) is 24.4 Å². The molecule has 3 heteroatoms. The zero-order valence-corrected chi connectivity index (χ0v) is 14.2. The van der Waals surface area contributed by atoms with Crippen LogP contribution in [-0.4, -0.2) is 24.1 Å². The van der Waals surface area contributed by atoms with Crippen molar-refractivity contribution in [3.05, 3.63) is 35.6 Å². The number of fused-ring (bicyclic) bond motifs is 5. The van der Waals surface area contributed by atoms with E-state index in [1.54, 1.807) is 7.11 Å². The van der Waals surface area contributed by atoms with Crippen LogP contribution in [0.3, 0.4) is 0 Å². The molecule has 23 heavy (non-hydrogen) atoms. The fourth-order valence-electron chi connectivity index (χ4n) is 5.92. The third kappa shape index (κ3) is 1.89. The van der Waals surface area contributed by atoms with Crippen LogP contribution in [0, 0.1) is 28.6 Å². The minimum absolute atomic E-state index is 0.00924. The first-order valence-corrected chi connectivity index (χ1v) is 8.76. The summed E-state index contributed by atoms with van der Waals surface area (Å²) in [5, 5.41) is 9.84. The van der Waals surface area contributed by atoms with Crippen molar-refractivity contribution in [2.45, 2.75) is 45.6 Å². The van der Waals surface area contributed by atoms with Crippen molar-refractivity contribution in [1.29, 1.82) is 0 Å². The molecule has 4 aliphatic rings. The Balaban J connectivity index is 1.75. The SMILES string of the molecule is CO[C@H]1C(=O)C[C@H]2[C@@H]3CC[C@@H]4C=C(O)C=C[C@]4(C)C3=CC[C@]12C. The van der Waals surface area contributed by atoms with E-state index in [2.05, 4.69) is 26.0 Å². The summed E-state index contributed by atoms with van der Waals surface area (Å²) in [7, 11) is 1.67. The highest BCUT2D eigenvalue weighted by Gasteiger charge is 2.59. The van der Waals surface area contributed by atoms with E-state index in [1.165, 1.54) is 5.57 Å². The summed E-state index contributed by atoms with van der Waals surface area (Å²) in [6.07, 6.45) is 11.9. The second-order valence-electron chi connectivity index (χ2n) is 8.26. The van der Waals surface area contributed by atoms with E-state index in [4.69, 9.17) is 4.74 Å². The molecule has 0 aromatic carbocycles. The number of ether oxygens (including phenoxy) is 1. The highest BCUT2D eigenvalue weighted by atomic mass is 16.5. The minimum atomic E-state index is -0.248. The van der Waals surface area contributed by atoms with Crippen molar-refractivity contribution >= 4 is 5.78 Å². The molecule has 0 aromatic heterocycles. The summed E-state index contributed by atoms with van der Waals surface area (Å²) >= 11 is 0. The third-order valence-electron chi connectivity index (χ3n) is 7.20. The molecule has 2 saturated carbocycles. The molecule has 0 bridgehead atoms. The van der Waals surface area contributed by atoms with E-state index in [0.29, 0.717) is 29.9 Å². The van der Waals surface area contributed by atoms with Crippen LogP contribution < -0.4 is 0 Å². The van der Waals surface area contributed by atoms with Crippen molar-refractivity contribution in [2.24, 2.45) is 28.6 Å². The monoisotopic (exact) mass is 314 g/mol. The Labute approximate surface area is 138 Å². The number of aliphatic hydroxyl groups is 1. The first-order chi connectivity index (χ1) is 10.9. The molecule has 2 fully saturated rings. The molecule has 124 valence electrons. The van der Waals surface area contributed by atoms with Gasteiger partial charge in [0.15, 0.2) is 5.78 Å². The zero-order valence-electron chi connectivity index (χ0n) is 14.2. The largest absolute Gasteiger partial charge is 0.508 e. The molecule has 3 nitrogen and oxygen atoms in total. The lowest BCUT2D eigenvalue weighted by atomic mass is 9.51. The lowest BCUT2D eigenvalue weighted by Crippen LogP contribution is -2.47. The molecule has 0 spiro atoms. The number of rotatable bonds is 1. The number of methoxy groups -OCH3 is 1. The molecule has 6 atom stereocenters. The Morgan fingerprint density at radius 3 is 2.83 bits per heavy atom. The van der Waals surface area contributed by atoms with Crippen LogP contribution in [0.25, 0.3) is 0 Å². The van der Waals surface area contributed by atoms with Crippen LogP contribution >= 0.6 is 0 Å². The van der Waals surface area contributed by atoms with Crippen LogP contribution in [0.2, 0.25) is 0 Å². The first kappa shape index (κ1) is 15.2. The molecule has 0 aromatic rings. The van der Waals surface area contributed by atoms with E-state index in [0.717, 1.165) is 19.3 Å². The van der Waals surface area contributed by atoms with Gasteiger partial charge < -0.3 is 9.84 Å². The molecule has 0 unspecified atom stereocenters. The maximum absolute atomic E-state index is 12.5. The molecule has 0 aliphatic heterocycles. The predicted octanol–water partition coefficient (Wildman–Crippen LogP) is 3.97. The topological polar surface area (TPSA) is 46.5 Å². The number of carbonyl (C=O) groups is 1. The van der Waals surface area contributed by atoms with Gasteiger partial charge in [-0.2, -0.15) is 0 Å². The number of aliphatic hydroxyl groups excluding tert-OH is 1. The number of hydrogen-bond acceptors (Lipinski definition) is 3. The third-order valence-corrected chi connectivity index (χ3v) is 7.20. The van der Waals surface area contributed by atoms with Crippen LogP contribution in [0.15, 0.2) is 35.6 Å². The zero-order chi connectivity index (χ0) is 16.4. The number of carbonyl (C=O) groups excluding carboxylic acids is 1. The van der Waals surface area contributed by atoms with Gasteiger partial charge in [-0.1, -0.05) is 31.6 Å². The van der Waals surface area contributed by atoms with E-state index >= 15 is 0 Å². The molecule has 0 radical (unpaired) electrons. The standard InChI is InChI=1S/C20H26O3/c1-19-8-6-13(21)10-12(19)4-5-14-15(19)7-9-20(2)16(14)11-17(22)18(20)23-3/h6-8,10,12,14,16,18,21H,4-5,9,11H2,1-3H3/t12-,14-,16+,18+,19+,20+/m1/s1. The van der Waals surface area contributed by atoms with Crippen molar-refractivity contribution in [2.75, 3.05) is 7.11 Å². The van der Waals surface area contributed by atoms with E-state index in [9.17, 15) is 9.90 Å². The molecule has 1 N–H and O–H groups in total. The van der Waals surface area contributed by atoms with Gasteiger partial charge in [-0.15, -0.1) is 0 Å². The Morgan fingerprint density at radius 1 is 1.30 bits per heavy atom. The van der Waals surface area contributed by atoms with Gasteiger partial charge in [-0.05, 0) is 49.2 Å². The summed E-state index contributed by atoms with van der Waals surface area (Å²) in [6, 6.07) is 0. The van der Waals surface area contributed by atoms with Gasteiger partial charge in [-0.25, -0.2) is 0 Å². The normalized spacial score (nSPS) is 48.2. The highest BCUT2D eigenvalue weighted by Crippen LogP contribution is 2.62. The lowest BCUT2D eigenvalue weighted by molar-refractivity contribution is -0.129. The second-order valence-corrected chi connectivity index (χ2v) is 8.26. The summed E-state index contributed by atoms with van der Waals surface area (Å²) in [5.74, 6) is 1.90.